The number of alkyl halides is 2. The molecule has 162 valence electrons. The van der Waals surface area contributed by atoms with E-state index in [0.717, 1.165) is 11.1 Å². The second kappa shape index (κ2) is 9.45. The van der Waals surface area contributed by atoms with Gasteiger partial charge in [0.15, 0.2) is 0 Å². The maximum absolute atomic E-state index is 12.9. The summed E-state index contributed by atoms with van der Waals surface area (Å²) in [6.45, 7) is 4.36. The minimum Gasteiger partial charge on any atom is -0.326 e. The van der Waals surface area contributed by atoms with E-state index in [4.69, 9.17) is 0 Å². The standard InChI is InChI=1S/C21H24F2N2O3S2/c1-14-3-8-19(13-15(14)2)30(27,28)25-11-9-16(10-12-25)20(26)24-17-4-6-18(7-5-17)29-21(22)23/h3-8,13,16,21H,9-12H2,1-2H3,(H,24,26). The third-order valence-corrected chi connectivity index (χ3v) is 7.91. The highest BCUT2D eigenvalue weighted by atomic mass is 32.2. The van der Waals surface area contributed by atoms with Crippen LogP contribution in [0.4, 0.5) is 14.5 Å². The summed E-state index contributed by atoms with van der Waals surface area (Å²) in [5.41, 5.74) is 2.48. The van der Waals surface area contributed by atoms with Crippen LogP contribution in [-0.2, 0) is 14.8 Å². The molecule has 2 aromatic carbocycles. The fourth-order valence-corrected chi connectivity index (χ4v) is 5.40. The Labute approximate surface area is 179 Å². The number of thioether (sulfide) groups is 1. The SMILES string of the molecule is Cc1ccc(S(=O)(=O)N2CCC(C(=O)Nc3ccc(SC(F)F)cc3)CC2)cc1C. The van der Waals surface area contributed by atoms with E-state index in [1.165, 1.54) is 16.4 Å². The highest BCUT2D eigenvalue weighted by Gasteiger charge is 2.32. The van der Waals surface area contributed by atoms with E-state index in [1.54, 1.807) is 30.3 Å². The van der Waals surface area contributed by atoms with Gasteiger partial charge in [-0.15, -0.1) is 0 Å². The second-order valence-corrected chi connectivity index (χ2v) is 10.3. The van der Waals surface area contributed by atoms with Crippen molar-refractivity contribution in [2.24, 2.45) is 5.92 Å². The topological polar surface area (TPSA) is 66.5 Å². The van der Waals surface area contributed by atoms with Crippen LogP contribution in [0.25, 0.3) is 0 Å². The zero-order valence-electron chi connectivity index (χ0n) is 16.8. The third-order valence-electron chi connectivity index (χ3n) is 5.29. The Hall–Kier alpha value is -1.97. The number of amides is 1. The third kappa shape index (κ3) is 5.39. The molecule has 1 fully saturated rings. The van der Waals surface area contributed by atoms with Crippen molar-refractivity contribution in [2.45, 2.75) is 42.2 Å². The molecule has 0 aliphatic carbocycles. The Bertz CT molecular complexity index is 1000. The average molecular weight is 455 g/mol. The average Bonchev–Trinajstić information content (AvgIpc) is 2.71. The fourth-order valence-electron chi connectivity index (χ4n) is 3.35. The molecule has 1 heterocycles. The lowest BCUT2D eigenvalue weighted by Crippen LogP contribution is -2.41. The Kier molecular flexibility index (Phi) is 7.15. The number of rotatable bonds is 6. The van der Waals surface area contributed by atoms with E-state index in [9.17, 15) is 22.0 Å². The summed E-state index contributed by atoms with van der Waals surface area (Å²) < 4.78 is 52.0. The highest BCUT2D eigenvalue weighted by molar-refractivity contribution is 7.99. The molecule has 3 rings (SSSR count). The number of aryl methyl sites for hydroxylation is 2. The lowest BCUT2D eigenvalue weighted by molar-refractivity contribution is -0.120. The van der Waals surface area contributed by atoms with Gasteiger partial charge in [0.05, 0.1) is 4.90 Å². The van der Waals surface area contributed by atoms with E-state index in [-0.39, 0.29) is 29.8 Å². The van der Waals surface area contributed by atoms with Gasteiger partial charge in [-0.05, 0) is 74.2 Å². The molecular formula is C21H24F2N2O3S2. The Morgan fingerprint density at radius 2 is 1.70 bits per heavy atom. The number of piperidine rings is 1. The predicted octanol–water partition coefficient (Wildman–Crippen LogP) is 4.66. The molecule has 0 radical (unpaired) electrons. The first-order valence-corrected chi connectivity index (χ1v) is 11.9. The van der Waals surface area contributed by atoms with Crippen LogP contribution >= 0.6 is 11.8 Å². The van der Waals surface area contributed by atoms with Gasteiger partial charge in [0.1, 0.15) is 0 Å². The lowest BCUT2D eigenvalue weighted by atomic mass is 9.97. The molecule has 0 saturated carbocycles. The predicted molar refractivity (Wildman–Crippen MR) is 114 cm³/mol. The second-order valence-electron chi connectivity index (χ2n) is 7.32. The monoisotopic (exact) mass is 454 g/mol. The summed E-state index contributed by atoms with van der Waals surface area (Å²) in [7, 11) is -3.59. The number of nitrogens with zero attached hydrogens (tertiary/aromatic N) is 1. The van der Waals surface area contributed by atoms with Gasteiger partial charge in [0.2, 0.25) is 15.9 Å². The quantitative estimate of drug-likeness (QED) is 0.645. The minimum atomic E-state index is -3.59. The highest BCUT2D eigenvalue weighted by Crippen LogP contribution is 2.28. The number of hydrogen-bond acceptors (Lipinski definition) is 4. The van der Waals surface area contributed by atoms with E-state index < -0.39 is 15.8 Å². The van der Waals surface area contributed by atoms with E-state index in [0.29, 0.717) is 35.2 Å². The molecule has 2 aromatic rings. The van der Waals surface area contributed by atoms with Gasteiger partial charge in [0, 0.05) is 29.6 Å². The van der Waals surface area contributed by atoms with Crippen molar-refractivity contribution < 1.29 is 22.0 Å². The number of sulfonamides is 1. The smallest absolute Gasteiger partial charge is 0.288 e. The normalized spacial score (nSPS) is 16.0. The molecule has 0 unspecified atom stereocenters. The van der Waals surface area contributed by atoms with Crippen molar-refractivity contribution >= 4 is 33.4 Å². The van der Waals surface area contributed by atoms with Gasteiger partial charge in [-0.1, -0.05) is 17.8 Å². The van der Waals surface area contributed by atoms with Gasteiger partial charge >= 0.3 is 0 Å². The van der Waals surface area contributed by atoms with Crippen LogP contribution in [0.5, 0.6) is 0 Å². The van der Waals surface area contributed by atoms with Crippen LogP contribution in [0, 0.1) is 19.8 Å². The van der Waals surface area contributed by atoms with Gasteiger partial charge in [-0.3, -0.25) is 4.79 Å². The Morgan fingerprint density at radius 3 is 2.27 bits per heavy atom. The van der Waals surface area contributed by atoms with Crippen molar-refractivity contribution in [2.75, 3.05) is 18.4 Å². The van der Waals surface area contributed by atoms with Crippen molar-refractivity contribution in [3.05, 3.63) is 53.6 Å². The van der Waals surface area contributed by atoms with Gasteiger partial charge in [-0.2, -0.15) is 13.1 Å². The molecule has 0 atom stereocenters. The van der Waals surface area contributed by atoms with E-state index >= 15 is 0 Å². The summed E-state index contributed by atoms with van der Waals surface area (Å²) >= 11 is 0.448. The zero-order valence-corrected chi connectivity index (χ0v) is 18.4. The molecule has 1 amide bonds. The molecule has 1 saturated heterocycles. The van der Waals surface area contributed by atoms with Gasteiger partial charge in [0.25, 0.3) is 5.76 Å². The molecule has 30 heavy (non-hydrogen) atoms. The van der Waals surface area contributed by atoms with Gasteiger partial charge in [-0.25, -0.2) is 8.42 Å². The maximum atomic E-state index is 12.9. The molecule has 1 aliphatic heterocycles. The molecule has 1 aliphatic rings. The number of anilines is 1. The zero-order chi connectivity index (χ0) is 21.9. The first-order chi connectivity index (χ1) is 14.2. The Morgan fingerprint density at radius 1 is 1.07 bits per heavy atom. The van der Waals surface area contributed by atoms with Crippen molar-refractivity contribution in [3.8, 4) is 0 Å². The largest absolute Gasteiger partial charge is 0.326 e. The summed E-state index contributed by atoms with van der Waals surface area (Å²) in [5.74, 6) is -2.98. The molecule has 1 N–H and O–H groups in total. The fraction of sp³-hybridized carbons (Fsp3) is 0.381. The first-order valence-electron chi connectivity index (χ1n) is 9.60. The van der Waals surface area contributed by atoms with Crippen molar-refractivity contribution in [3.63, 3.8) is 0 Å². The van der Waals surface area contributed by atoms with Crippen LogP contribution in [-0.4, -0.2) is 37.5 Å². The summed E-state index contributed by atoms with van der Waals surface area (Å²) in [6.07, 6.45) is 0.852. The van der Waals surface area contributed by atoms with Crippen molar-refractivity contribution in [1.29, 1.82) is 0 Å². The number of carbonyl (C=O) groups is 1. The molecule has 9 heteroatoms. The minimum absolute atomic E-state index is 0.188. The molecule has 0 bridgehead atoms. The molecule has 0 spiro atoms. The molecule has 0 aromatic heterocycles. The number of carbonyl (C=O) groups excluding carboxylic acids is 1. The molecular weight excluding hydrogens is 430 g/mol. The maximum Gasteiger partial charge on any atom is 0.288 e. The summed E-state index contributed by atoms with van der Waals surface area (Å²) in [4.78, 5) is 13.2. The van der Waals surface area contributed by atoms with Crippen LogP contribution in [0.15, 0.2) is 52.3 Å². The van der Waals surface area contributed by atoms with Gasteiger partial charge < -0.3 is 5.32 Å². The first kappa shape index (κ1) is 22.7. The van der Waals surface area contributed by atoms with E-state index in [1.807, 2.05) is 13.8 Å². The van der Waals surface area contributed by atoms with Crippen LogP contribution < -0.4 is 5.32 Å². The molecule has 5 nitrogen and oxygen atoms in total. The van der Waals surface area contributed by atoms with E-state index in [2.05, 4.69) is 5.32 Å². The Balaban J connectivity index is 1.58. The number of benzene rings is 2. The summed E-state index contributed by atoms with van der Waals surface area (Å²) in [6, 6.07) is 11.3. The number of nitrogens with one attached hydrogen (secondary N) is 1. The van der Waals surface area contributed by atoms with Crippen LogP contribution in [0.2, 0.25) is 0 Å². The number of hydrogen-bond donors (Lipinski definition) is 1. The van der Waals surface area contributed by atoms with Crippen LogP contribution in [0.1, 0.15) is 24.0 Å². The van der Waals surface area contributed by atoms with Crippen LogP contribution in [0.3, 0.4) is 0 Å². The lowest BCUT2D eigenvalue weighted by Gasteiger charge is -2.30. The summed E-state index contributed by atoms with van der Waals surface area (Å²) in [5, 5.41) is 2.79. The van der Waals surface area contributed by atoms with Crippen molar-refractivity contribution in [1.82, 2.24) is 4.31 Å². The number of halogens is 2.